The Bertz CT molecular complexity index is 476. The van der Waals surface area contributed by atoms with Crippen molar-refractivity contribution >= 4 is 11.6 Å². The number of ether oxygens (including phenoxy) is 1. The van der Waals surface area contributed by atoms with Gasteiger partial charge in [0.1, 0.15) is 5.75 Å². The largest absolute Gasteiger partial charge is 0.496 e. The zero-order valence-electron chi connectivity index (χ0n) is 12.8. The Morgan fingerprint density at radius 1 is 1.45 bits per heavy atom. The Balaban J connectivity index is 2.36. The van der Waals surface area contributed by atoms with E-state index in [2.05, 4.69) is 37.9 Å². The van der Waals surface area contributed by atoms with Crippen LogP contribution < -0.4 is 10.5 Å². The van der Waals surface area contributed by atoms with Crippen LogP contribution >= 0.6 is 11.6 Å². The summed E-state index contributed by atoms with van der Waals surface area (Å²) >= 11 is 6.48. The van der Waals surface area contributed by atoms with Crippen molar-refractivity contribution in [3.63, 3.8) is 0 Å². The Hall–Kier alpha value is -0.770. The highest BCUT2D eigenvalue weighted by Crippen LogP contribution is 2.40. The van der Waals surface area contributed by atoms with Crippen LogP contribution in [0.2, 0.25) is 5.02 Å². The van der Waals surface area contributed by atoms with E-state index in [4.69, 9.17) is 22.1 Å². The van der Waals surface area contributed by atoms with Crippen molar-refractivity contribution in [2.24, 2.45) is 11.7 Å². The summed E-state index contributed by atoms with van der Waals surface area (Å²) in [6, 6.07) is 4.62. The van der Waals surface area contributed by atoms with Gasteiger partial charge in [0, 0.05) is 23.2 Å². The third kappa shape index (κ3) is 2.95. The van der Waals surface area contributed by atoms with Gasteiger partial charge in [-0.05, 0) is 49.5 Å². The maximum absolute atomic E-state index is 6.48. The van der Waals surface area contributed by atoms with Crippen molar-refractivity contribution in [3.8, 4) is 5.75 Å². The molecule has 0 radical (unpaired) electrons. The van der Waals surface area contributed by atoms with Gasteiger partial charge in [-0.2, -0.15) is 0 Å². The minimum absolute atomic E-state index is 0.351. The summed E-state index contributed by atoms with van der Waals surface area (Å²) in [6.45, 7) is 6.06. The van der Waals surface area contributed by atoms with Gasteiger partial charge >= 0.3 is 0 Å². The average molecular weight is 297 g/mol. The predicted molar refractivity (Wildman–Crippen MR) is 84.6 cm³/mol. The quantitative estimate of drug-likeness (QED) is 0.925. The molecule has 1 aliphatic rings. The van der Waals surface area contributed by atoms with E-state index in [9.17, 15) is 0 Å². The molecule has 4 heteroatoms. The fourth-order valence-corrected chi connectivity index (χ4v) is 3.64. The third-order valence-corrected chi connectivity index (χ3v) is 4.58. The fourth-order valence-electron chi connectivity index (χ4n) is 3.20. The first-order chi connectivity index (χ1) is 9.47. The first kappa shape index (κ1) is 15.6. The normalized spacial score (nSPS) is 23.6. The molecular formula is C16H25ClN2O. The van der Waals surface area contributed by atoms with Crippen molar-refractivity contribution in [3.05, 3.63) is 28.3 Å². The number of rotatable bonds is 4. The molecule has 1 aromatic carbocycles. The van der Waals surface area contributed by atoms with Gasteiger partial charge in [-0.1, -0.05) is 25.4 Å². The topological polar surface area (TPSA) is 38.5 Å². The molecule has 0 saturated carbocycles. The highest BCUT2D eigenvalue weighted by Gasteiger charge is 2.30. The van der Waals surface area contributed by atoms with E-state index in [-0.39, 0.29) is 0 Å². The second-order valence-electron chi connectivity index (χ2n) is 6.07. The van der Waals surface area contributed by atoms with Gasteiger partial charge < -0.3 is 10.5 Å². The maximum atomic E-state index is 6.48. The summed E-state index contributed by atoms with van der Waals surface area (Å²) in [6.07, 6.45) is 1.09. The Morgan fingerprint density at radius 2 is 2.15 bits per heavy atom. The monoisotopic (exact) mass is 296 g/mol. The molecule has 0 amide bonds. The summed E-state index contributed by atoms with van der Waals surface area (Å²) in [5.41, 5.74) is 8.13. The molecule has 112 valence electrons. The molecule has 1 heterocycles. The number of likely N-dealkylation sites (tertiary alicyclic amines) is 1. The summed E-state index contributed by atoms with van der Waals surface area (Å²) in [7, 11) is 3.86. The number of halogens is 1. The van der Waals surface area contributed by atoms with E-state index in [0.717, 1.165) is 35.8 Å². The molecule has 2 atom stereocenters. The zero-order chi connectivity index (χ0) is 14.9. The van der Waals surface area contributed by atoms with Crippen LogP contribution in [0.1, 0.15) is 43.4 Å². The highest BCUT2D eigenvalue weighted by atomic mass is 35.5. The van der Waals surface area contributed by atoms with Gasteiger partial charge in [-0.3, -0.25) is 4.90 Å². The number of hydrogen-bond donors (Lipinski definition) is 1. The lowest BCUT2D eigenvalue weighted by molar-refractivity contribution is 0.312. The summed E-state index contributed by atoms with van der Waals surface area (Å²) < 4.78 is 5.55. The van der Waals surface area contributed by atoms with Crippen molar-refractivity contribution < 1.29 is 4.74 Å². The molecule has 3 nitrogen and oxygen atoms in total. The molecule has 2 N–H and O–H groups in total. The fraction of sp³-hybridized carbons (Fsp3) is 0.625. The molecule has 2 unspecified atom stereocenters. The predicted octanol–water partition coefficient (Wildman–Crippen LogP) is 3.42. The zero-order valence-corrected chi connectivity index (χ0v) is 13.6. The van der Waals surface area contributed by atoms with Crippen LogP contribution in [0.15, 0.2) is 12.1 Å². The molecular weight excluding hydrogens is 272 g/mol. The van der Waals surface area contributed by atoms with E-state index < -0.39 is 0 Å². The SMILES string of the molecule is COc1cc(C2CC(CN)CN2C)cc(Cl)c1C(C)C. The minimum atomic E-state index is 0.351. The van der Waals surface area contributed by atoms with Crippen LogP contribution in [0.25, 0.3) is 0 Å². The first-order valence-corrected chi connectivity index (χ1v) is 7.63. The second-order valence-corrected chi connectivity index (χ2v) is 6.47. The lowest BCUT2D eigenvalue weighted by atomic mass is 9.95. The van der Waals surface area contributed by atoms with Crippen LogP contribution in [-0.2, 0) is 0 Å². The first-order valence-electron chi connectivity index (χ1n) is 7.25. The number of nitrogens with two attached hydrogens (primary N) is 1. The van der Waals surface area contributed by atoms with Gasteiger partial charge in [0.2, 0.25) is 0 Å². The van der Waals surface area contributed by atoms with Gasteiger partial charge in [0.05, 0.1) is 7.11 Å². The second kappa shape index (κ2) is 6.33. The van der Waals surface area contributed by atoms with Gasteiger partial charge in [-0.15, -0.1) is 0 Å². The van der Waals surface area contributed by atoms with Crippen LogP contribution in [0.4, 0.5) is 0 Å². The molecule has 1 aliphatic heterocycles. The third-order valence-electron chi connectivity index (χ3n) is 4.26. The Kier molecular flexibility index (Phi) is 4.95. The number of nitrogens with zero attached hydrogens (tertiary/aromatic N) is 1. The van der Waals surface area contributed by atoms with E-state index in [1.165, 1.54) is 5.56 Å². The molecule has 20 heavy (non-hydrogen) atoms. The summed E-state index contributed by atoms with van der Waals surface area (Å²) in [5.74, 6) is 1.82. The van der Waals surface area contributed by atoms with Crippen LogP contribution in [-0.4, -0.2) is 32.1 Å². The van der Waals surface area contributed by atoms with E-state index in [1.807, 2.05) is 0 Å². The average Bonchev–Trinajstić information content (AvgIpc) is 2.78. The lowest BCUT2D eigenvalue weighted by Gasteiger charge is -2.22. The molecule has 0 spiro atoms. The molecule has 1 fully saturated rings. The van der Waals surface area contributed by atoms with E-state index in [0.29, 0.717) is 17.9 Å². The molecule has 2 rings (SSSR count). The summed E-state index contributed by atoms with van der Waals surface area (Å²) in [5, 5.41) is 0.805. The molecule has 0 bridgehead atoms. The van der Waals surface area contributed by atoms with Gasteiger partial charge in [0.25, 0.3) is 0 Å². The van der Waals surface area contributed by atoms with Crippen LogP contribution in [0.3, 0.4) is 0 Å². The molecule has 0 aliphatic carbocycles. The van der Waals surface area contributed by atoms with Crippen molar-refractivity contribution in [1.29, 1.82) is 0 Å². The van der Waals surface area contributed by atoms with E-state index in [1.54, 1.807) is 7.11 Å². The van der Waals surface area contributed by atoms with E-state index >= 15 is 0 Å². The number of benzene rings is 1. The van der Waals surface area contributed by atoms with Crippen LogP contribution in [0.5, 0.6) is 5.75 Å². The molecule has 1 aromatic rings. The van der Waals surface area contributed by atoms with Crippen LogP contribution in [0, 0.1) is 5.92 Å². The maximum Gasteiger partial charge on any atom is 0.124 e. The summed E-state index contributed by atoms with van der Waals surface area (Å²) in [4.78, 5) is 2.36. The Morgan fingerprint density at radius 3 is 2.65 bits per heavy atom. The van der Waals surface area contributed by atoms with Gasteiger partial charge in [-0.25, -0.2) is 0 Å². The standard InChI is InChI=1S/C16H25ClN2O/c1-10(2)16-13(17)6-12(7-15(16)20-4)14-5-11(8-18)9-19(14)3/h6-7,10-11,14H,5,8-9,18H2,1-4H3. The number of hydrogen-bond acceptors (Lipinski definition) is 3. The van der Waals surface area contributed by atoms with Crippen molar-refractivity contribution in [2.45, 2.75) is 32.2 Å². The van der Waals surface area contributed by atoms with Crippen molar-refractivity contribution in [1.82, 2.24) is 4.90 Å². The molecule has 0 aromatic heterocycles. The Labute approximate surface area is 127 Å². The van der Waals surface area contributed by atoms with Crippen molar-refractivity contribution in [2.75, 3.05) is 27.2 Å². The van der Waals surface area contributed by atoms with Gasteiger partial charge in [0.15, 0.2) is 0 Å². The smallest absolute Gasteiger partial charge is 0.124 e. The minimum Gasteiger partial charge on any atom is -0.496 e. The lowest BCUT2D eigenvalue weighted by Crippen LogP contribution is -2.20. The highest BCUT2D eigenvalue weighted by molar-refractivity contribution is 6.31. The molecule has 1 saturated heterocycles. The number of methoxy groups -OCH3 is 1.